The van der Waals surface area contributed by atoms with E-state index in [1.807, 2.05) is 24.0 Å². The van der Waals surface area contributed by atoms with E-state index in [1.54, 1.807) is 16.7 Å². The van der Waals surface area contributed by atoms with Gasteiger partial charge in [0.2, 0.25) is 15.9 Å². The lowest BCUT2D eigenvalue weighted by Gasteiger charge is -2.44. The summed E-state index contributed by atoms with van der Waals surface area (Å²) in [7, 11) is -3.15. The summed E-state index contributed by atoms with van der Waals surface area (Å²) >= 11 is 0. The van der Waals surface area contributed by atoms with Crippen LogP contribution in [0.1, 0.15) is 44.6 Å². The summed E-state index contributed by atoms with van der Waals surface area (Å²) in [4.78, 5) is 27.3. The van der Waals surface area contributed by atoms with Crippen LogP contribution in [0.25, 0.3) is 0 Å². The number of piperidine rings is 1. The zero-order chi connectivity index (χ0) is 23.3. The van der Waals surface area contributed by atoms with Crippen molar-refractivity contribution in [2.45, 2.75) is 57.3 Å². The summed E-state index contributed by atoms with van der Waals surface area (Å²) in [5.74, 6) is -2.37. The van der Waals surface area contributed by atoms with Crippen molar-refractivity contribution in [2.24, 2.45) is 0 Å². The van der Waals surface area contributed by atoms with E-state index in [4.69, 9.17) is 9.90 Å². The second-order valence-electron chi connectivity index (χ2n) is 7.58. The quantitative estimate of drug-likeness (QED) is 0.716. The van der Waals surface area contributed by atoms with Crippen LogP contribution >= 0.6 is 0 Å². The molecule has 0 unspecified atom stereocenters. The maximum absolute atomic E-state index is 12.4. The Bertz CT molecular complexity index is 870. The van der Waals surface area contributed by atoms with Gasteiger partial charge in [-0.05, 0) is 43.4 Å². The summed E-state index contributed by atoms with van der Waals surface area (Å²) in [5.41, 5.74) is 0.888. The lowest BCUT2D eigenvalue weighted by molar-refractivity contribution is -0.192. The third kappa shape index (κ3) is 6.39. The highest BCUT2D eigenvalue weighted by Crippen LogP contribution is 2.40. The summed E-state index contributed by atoms with van der Waals surface area (Å²) < 4.78 is 57.9. The molecule has 2 fully saturated rings. The summed E-state index contributed by atoms with van der Waals surface area (Å²) in [6.45, 7) is 3.50. The average molecular weight is 465 g/mol. The van der Waals surface area contributed by atoms with Gasteiger partial charge in [0, 0.05) is 44.0 Å². The second kappa shape index (κ2) is 9.94. The number of nitrogens with zero attached hydrogens (tertiary/aromatic N) is 3. The van der Waals surface area contributed by atoms with Crippen LogP contribution in [0.3, 0.4) is 0 Å². The predicted molar refractivity (Wildman–Crippen MR) is 105 cm³/mol. The van der Waals surface area contributed by atoms with Gasteiger partial charge in [0.1, 0.15) is 0 Å². The van der Waals surface area contributed by atoms with Gasteiger partial charge < -0.3 is 10.0 Å². The minimum absolute atomic E-state index is 0.177. The van der Waals surface area contributed by atoms with Crippen molar-refractivity contribution in [3.05, 3.63) is 30.1 Å². The van der Waals surface area contributed by atoms with Gasteiger partial charge in [-0.2, -0.15) is 13.2 Å². The average Bonchev–Trinajstić information content (AvgIpc) is 2.98. The molecule has 3 rings (SSSR count). The number of carbonyl (C=O) groups is 2. The molecule has 1 aromatic rings. The Labute approximate surface area is 179 Å². The molecule has 2 saturated heterocycles. The minimum atomic E-state index is -5.08. The zero-order valence-electron chi connectivity index (χ0n) is 17.1. The Kier molecular flexibility index (Phi) is 8.04. The first kappa shape index (κ1) is 25.1. The number of likely N-dealkylation sites (tertiary alicyclic amines) is 1. The number of carbonyl (C=O) groups excluding carboxylic acids is 1. The van der Waals surface area contributed by atoms with Gasteiger partial charge >= 0.3 is 12.1 Å². The number of aliphatic carboxylic acids is 1. The highest BCUT2D eigenvalue weighted by Gasteiger charge is 2.48. The van der Waals surface area contributed by atoms with Crippen molar-refractivity contribution in [3.63, 3.8) is 0 Å². The van der Waals surface area contributed by atoms with Crippen LogP contribution in [-0.4, -0.2) is 70.1 Å². The molecular formula is C19H26F3N3O5S. The van der Waals surface area contributed by atoms with Crippen LogP contribution in [0, 0.1) is 0 Å². The fourth-order valence-corrected chi connectivity index (χ4v) is 5.40. The van der Waals surface area contributed by atoms with Crippen LogP contribution in [-0.2, 0) is 26.2 Å². The van der Waals surface area contributed by atoms with Crippen LogP contribution < -0.4 is 0 Å². The Morgan fingerprint density at radius 2 is 1.74 bits per heavy atom. The van der Waals surface area contributed by atoms with Crippen molar-refractivity contribution in [3.8, 4) is 0 Å². The molecule has 0 radical (unpaired) electrons. The highest BCUT2D eigenvalue weighted by atomic mass is 32.2. The maximum Gasteiger partial charge on any atom is 0.490 e. The van der Waals surface area contributed by atoms with Gasteiger partial charge in [0.25, 0.3) is 0 Å². The first-order valence-electron chi connectivity index (χ1n) is 9.88. The molecule has 8 nitrogen and oxygen atoms in total. The Morgan fingerprint density at radius 3 is 2.23 bits per heavy atom. The van der Waals surface area contributed by atoms with Gasteiger partial charge in [0.15, 0.2) is 0 Å². The molecule has 1 N–H and O–H groups in total. The van der Waals surface area contributed by atoms with E-state index in [0.717, 1.165) is 24.8 Å². The Balaban J connectivity index is 0.000000423. The van der Waals surface area contributed by atoms with Crippen molar-refractivity contribution in [1.82, 2.24) is 14.2 Å². The molecule has 174 valence electrons. The number of amides is 1. The van der Waals surface area contributed by atoms with E-state index in [9.17, 15) is 26.4 Å². The number of carboxylic acids is 1. The van der Waals surface area contributed by atoms with Crippen molar-refractivity contribution in [2.75, 3.05) is 18.8 Å². The molecule has 1 amide bonds. The molecule has 0 saturated carbocycles. The summed E-state index contributed by atoms with van der Waals surface area (Å²) in [6, 6.07) is 3.86. The van der Waals surface area contributed by atoms with Crippen LogP contribution in [0.15, 0.2) is 24.5 Å². The minimum Gasteiger partial charge on any atom is -0.475 e. The zero-order valence-corrected chi connectivity index (χ0v) is 18.0. The number of rotatable bonds is 5. The third-order valence-electron chi connectivity index (χ3n) is 5.52. The van der Waals surface area contributed by atoms with Gasteiger partial charge in [0.05, 0.1) is 5.75 Å². The van der Waals surface area contributed by atoms with Gasteiger partial charge in [-0.1, -0.05) is 6.92 Å². The largest absolute Gasteiger partial charge is 0.490 e. The molecule has 0 aromatic carbocycles. The van der Waals surface area contributed by atoms with Gasteiger partial charge in [-0.15, -0.1) is 0 Å². The molecule has 3 heterocycles. The molecule has 2 aliphatic heterocycles. The van der Waals surface area contributed by atoms with Gasteiger partial charge in [-0.3, -0.25) is 9.78 Å². The van der Waals surface area contributed by atoms with E-state index >= 15 is 0 Å². The smallest absolute Gasteiger partial charge is 0.475 e. The molecule has 31 heavy (non-hydrogen) atoms. The van der Waals surface area contributed by atoms with E-state index in [1.165, 1.54) is 0 Å². The standard InChI is InChI=1S/C17H25N3O3S.C2HF3O2/c1-2-13-24(22,23)19-11-7-17(8-12-19)6-3-16(21)20(17)14-15-4-9-18-10-5-15;3-2(4,5)1(6)7/h4-5,9-10H,2-3,6-8,11-14H2,1H3;(H,6,7). The Morgan fingerprint density at radius 1 is 1.19 bits per heavy atom. The lowest BCUT2D eigenvalue weighted by Crippen LogP contribution is -2.54. The number of halogens is 3. The molecule has 1 aromatic heterocycles. The first-order chi connectivity index (χ1) is 14.4. The third-order valence-corrected chi connectivity index (χ3v) is 7.60. The summed E-state index contributed by atoms with van der Waals surface area (Å²) in [5, 5.41) is 7.12. The highest BCUT2D eigenvalue weighted by molar-refractivity contribution is 7.89. The van der Waals surface area contributed by atoms with E-state index in [0.29, 0.717) is 32.5 Å². The number of alkyl halides is 3. The first-order valence-corrected chi connectivity index (χ1v) is 11.5. The van der Waals surface area contributed by atoms with Crippen molar-refractivity contribution >= 4 is 21.9 Å². The number of carboxylic acid groups (broad SMARTS) is 1. The number of pyridine rings is 1. The van der Waals surface area contributed by atoms with Gasteiger partial charge in [-0.25, -0.2) is 17.5 Å². The number of hydrogen-bond donors (Lipinski definition) is 1. The Hall–Kier alpha value is -2.21. The number of hydrogen-bond acceptors (Lipinski definition) is 5. The normalized spacial score (nSPS) is 19.2. The molecule has 0 atom stereocenters. The van der Waals surface area contributed by atoms with Crippen LogP contribution in [0.4, 0.5) is 13.2 Å². The van der Waals surface area contributed by atoms with E-state index < -0.39 is 22.2 Å². The molecule has 2 aliphatic rings. The molecule has 1 spiro atoms. The van der Waals surface area contributed by atoms with Crippen LogP contribution in [0.2, 0.25) is 0 Å². The monoisotopic (exact) mass is 465 g/mol. The van der Waals surface area contributed by atoms with Crippen molar-refractivity contribution in [1.29, 1.82) is 0 Å². The summed E-state index contributed by atoms with van der Waals surface area (Å²) in [6.07, 6.45) is 1.88. The molecule has 0 bridgehead atoms. The van der Waals surface area contributed by atoms with E-state index in [2.05, 4.69) is 4.98 Å². The lowest BCUT2D eigenvalue weighted by atomic mass is 9.85. The SMILES string of the molecule is CCCS(=O)(=O)N1CCC2(CCC(=O)N2Cc2ccncc2)CC1.O=C(O)C(F)(F)F. The van der Waals surface area contributed by atoms with Crippen LogP contribution in [0.5, 0.6) is 0 Å². The molecular weight excluding hydrogens is 439 g/mol. The fourth-order valence-electron chi connectivity index (χ4n) is 3.89. The topological polar surface area (TPSA) is 108 Å². The fraction of sp³-hybridized carbons (Fsp3) is 0.632. The molecule has 12 heteroatoms. The number of aromatic nitrogens is 1. The number of sulfonamides is 1. The molecule has 0 aliphatic carbocycles. The van der Waals surface area contributed by atoms with Crippen molar-refractivity contribution < 1.29 is 36.3 Å². The maximum atomic E-state index is 12.4. The van der Waals surface area contributed by atoms with E-state index in [-0.39, 0.29) is 17.2 Å². The predicted octanol–water partition coefficient (Wildman–Crippen LogP) is 2.41. The second-order valence-corrected chi connectivity index (χ2v) is 9.67.